The minimum absolute atomic E-state index is 0.117. The van der Waals surface area contributed by atoms with Gasteiger partial charge in [0.25, 0.3) is 12.3 Å². The van der Waals surface area contributed by atoms with Crippen LogP contribution >= 0.6 is 23.2 Å². The SMILES string of the molecule is Cn1cc(C(=O)NC2=CC(F)(Cl)C=CC2c2cccc(Cl)c2)c(C(F)F)n1. The molecule has 0 saturated heterocycles. The second-order valence-corrected chi connectivity index (χ2v) is 7.04. The van der Waals surface area contributed by atoms with Gasteiger partial charge in [-0.15, -0.1) is 0 Å². The second kappa shape index (κ2) is 7.40. The number of hydrogen-bond donors (Lipinski definition) is 1. The predicted octanol–water partition coefficient (Wildman–Crippen LogP) is 4.88. The van der Waals surface area contributed by atoms with E-state index in [2.05, 4.69) is 10.4 Å². The maximum absolute atomic E-state index is 14.2. The van der Waals surface area contributed by atoms with Gasteiger partial charge in [0.15, 0.2) is 0 Å². The summed E-state index contributed by atoms with van der Waals surface area (Å²) in [6.07, 6.45) is 1.89. The van der Waals surface area contributed by atoms with Crippen LogP contribution in [0.5, 0.6) is 0 Å². The molecule has 0 bridgehead atoms. The molecule has 0 fully saturated rings. The average molecular weight is 416 g/mol. The van der Waals surface area contributed by atoms with E-state index < -0.39 is 29.1 Å². The van der Waals surface area contributed by atoms with Crippen LogP contribution < -0.4 is 5.32 Å². The molecule has 142 valence electrons. The van der Waals surface area contributed by atoms with E-state index in [0.717, 1.165) is 16.8 Å². The number of carbonyl (C=O) groups is 1. The van der Waals surface area contributed by atoms with Crippen LogP contribution in [0.3, 0.4) is 0 Å². The molecule has 1 amide bonds. The van der Waals surface area contributed by atoms with Gasteiger partial charge in [-0.2, -0.15) is 5.10 Å². The van der Waals surface area contributed by atoms with Crippen LogP contribution in [0.15, 0.2) is 54.4 Å². The molecular formula is C18H14Cl2F3N3O. The summed E-state index contributed by atoms with van der Waals surface area (Å²) in [5, 5.41) is 4.23. The summed E-state index contributed by atoms with van der Waals surface area (Å²) >= 11 is 11.7. The van der Waals surface area contributed by atoms with Gasteiger partial charge in [0.05, 0.1) is 5.56 Å². The van der Waals surface area contributed by atoms with Gasteiger partial charge in [-0.3, -0.25) is 9.48 Å². The Morgan fingerprint density at radius 3 is 2.81 bits per heavy atom. The second-order valence-electron chi connectivity index (χ2n) is 6.02. The molecule has 2 aromatic rings. The molecule has 0 spiro atoms. The molecule has 1 heterocycles. The fourth-order valence-electron chi connectivity index (χ4n) is 2.82. The van der Waals surface area contributed by atoms with Gasteiger partial charge in [0.2, 0.25) is 5.13 Å². The topological polar surface area (TPSA) is 46.9 Å². The zero-order valence-corrected chi connectivity index (χ0v) is 15.5. The molecule has 1 aliphatic carbocycles. The Morgan fingerprint density at radius 1 is 1.41 bits per heavy atom. The summed E-state index contributed by atoms with van der Waals surface area (Å²) in [5.41, 5.74) is -0.158. The molecular weight excluding hydrogens is 402 g/mol. The van der Waals surface area contributed by atoms with Gasteiger partial charge in [0.1, 0.15) is 5.69 Å². The van der Waals surface area contributed by atoms with Gasteiger partial charge >= 0.3 is 0 Å². The minimum Gasteiger partial charge on any atom is -0.325 e. The Kier molecular flexibility index (Phi) is 5.35. The van der Waals surface area contributed by atoms with Gasteiger partial charge in [-0.25, -0.2) is 13.2 Å². The zero-order chi connectivity index (χ0) is 19.8. The Labute approximate surface area is 163 Å². The molecule has 1 aromatic carbocycles. The Hall–Kier alpha value is -2.25. The molecule has 2 atom stereocenters. The summed E-state index contributed by atoms with van der Waals surface area (Å²) < 4.78 is 41.6. The van der Waals surface area contributed by atoms with E-state index in [1.807, 2.05) is 0 Å². The van der Waals surface area contributed by atoms with E-state index in [9.17, 15) is 18.0 Å². The van der Waals surface area contributed by atoms with Gasteiger partial charge < -0.3 is 5.32 Å². The summed E-state index contributed by atoms with van der Waals surface area (Å²) in [6.45, 7) is 0. The maximum Gasteiger partial charge on any atom is 0.282 e. The molecule has 2 unspecified atom stereocenters. The van der Waals surface area contributed by atoms with E-state index in [4.69, 9.17) is 23.2 Å². The average Bonchev–Trinajstić information content (AvgIpc) is 2.96. The lowest BCUT2D eigenvalue weighted by atomic mass is 9.90. The molecule has 9 heteroatoms. The van der Waals surface area contributed by atoms with Crippen LogP contribution in [0.1, 0.15) is 34.0 Å². The van der Waals surface area contributed by atoms with E-state index in [1.165, 1.54) is 19.3 Å². The number of aryl methyl sites for hydroxylation is 1. The van der Waals surface area contributed by atoms with E-state index >= 15 is 0 Å². The number of amides is 1. The first kappa shape index (κ1) is 19.5. The number of aromatic nitrogens is 2. The van der Waals surface area contributed by atoms with E-state index in [0.29, 0.717) is 10.6 Å². The summed E-state index contributed by atoms with van der Waals surface area (Å²) in [7, 11) is 1.42. The Morgan fingerprint density at radius 2 is 2.15 bits per heavy atom. The highest BCUT2D eigenvalue weighted by Crippen LogP contribution is 2.36. The molecule has 0 saturated carbocycles. The summed E-state index contributed by atoms with van der Waals surface area (Å²) in [6, 6.07) is 6.78. The van der Waals surface area contributed by atoms with Crippen molar-refractivity contribution >= 4 is 29.1 Å². The maximum atomic E-state index is 14.2. The van der Waals surface area contributed by atoms with Crippen molar-refractivity contribution in [3.63, 3.8) is 0 Å². The van der Waals surface area contributed by atoms with Crippen molar-refractivity contribution in [3.05, 3.63) is 76.2 Å². The third-order valence-corrected chi connectivity index (χ3v) is 4.44. The van der Waals surface area contributed by atoms with Crippen molar-refractivity contribution in [2.75, 3.05) is 0 Å². The molecule has 0 radical (unpaired) electrons. The van der Waals surface area contributed by atoms with Crippen LogP contribution in [-0.2, 0) is 7.05 Å². The first-order valence-corrected chi connectivity index (χ1v) is 8.60. The highest BCUT2D eigenvalue weighted by Gasteiger charge is 2.31. The Balaban J connectivity index is 1.94. The summed E-state index contributed by atoms with van der Waals surface area (Å²) in [5.74, 6) is -1.39. The number of carbonyl (C=O) groups excluding carboxylic acids is 1. The van der Waals surface area contributed by atoms with Crippen molar-refractivity contribution in [3.8, 4) is 0 Å². The summed E-state index contributed by atoms with van der Waals surface area (Å²) in [4.78, 5) is 12.6. The van der Waals surface area contributed by atoms with Crippen molar-refractivity contribution in [2.45, 2.75) is 17.5 Å². The number of rotatable bonds is 4. The quantitative estimate of drug-likeness (QED) is 0.571. The standard InChI is InChI=1S/C18H14Cl2F3N3O/c1-26-9-13(15(25-26)16(21)22)17(27)24-14-8-18(20,23)6-5-12(14)10-3-2-4-11(19)7-10/h2-9,12,16H,1H3,(H,24,27). The molecule has 3 rings (SSSR count). The smallest absolute Gasteiger partial charge is 0.282 e. The first-order chi connectivity index (χ1) is 12.7. The number of halogens is 5. The van der Waals surface area contributed by atoms with Gasteiger partial charge in [-0.05, 0) is 29.8 Å². The highest BCUT2D eigenvalue weighted by molar-refractivity contribution is 6.30. The van der Waals surface area contributed by atoms with E-state index in [-0.39, 0.29) is 11.3 Å². The number of hydrogen-bond acceptors (Lipinski definition) is 2. The highest BCUT2D eigenvalue weighted by atomic mass is 35.5. The largest absolute Gasteiger partial charge is 0.325 e. The van der Waals surface area contributed by atoms with Crippen LogP contribution in [0.25, 0.3) is 0 Å². The van der Waals surface area contributed by atoms with Crippen LogP contribution in [-0.4, -0.2) is 20.8 Å². The lowest BCUT2D eigenvalue weighted by Crippen LogP contribution is -2.30. The van der Waals surface area contributed by atoms with Gasteiger partial charge in [-0.1, -0.05) is 41.4 Å². The normalized spacial score (nSPS) is 22.0. The van der Waals surface area contributed by atoms with E-state index in [1.54, 1.807) is 24.3 Å². The molecule has 1 N–H and O–H groups in total. The molecule has 4 nitrogen and oxygen atoms in total. The molecule has 27 heavy (non-hydrogen) atoms. The first-order valence-electron chi connectivity index (χ1n) is 7.85. The fraction of sp³-hybridized carbons (Fsp3) is 0.222. The lowest BCUT2D eigenvalue weighted by Gasteiger charge is -2.25. The Bertz CT molecular complexity index is 938. The zero-order valence-electron chi connectivity index (χ0n) is 14.0. The molecule has 1 aromatic heterocycles. The predicted molar refractivity (Wildman–Crippen MR) is 96.7 cm³/mol. The molecule has 0 aliphatic heterocycles. The van der Waals surface area contributed by atoms with Crippen molar-refractivity contribution in [1.82, 2.24) is 15.1 Å². The number of nitrogens with zero attached hydrogens (tertiary/aromatic N) is 2. The van der Waals surface area contributed by atoms with Gasteiger partial charge in [0, 0.05) is 29.9 Å². The van der Waals surface area contributed by atoms with Crippen LogP contribution in [0.4, 0.5) is 13.2 Å². The van der Waals surface area contributed by atoms with Crippen molar-refractivity contribution in [2.24, 2.45) is 7.05 Å². The lowest BCUT2D eigenvalue weighted by molar-refractivity contribution is 0.0948. The van der Waals surface area contributed by atoms with Crippen molar-refractivity contribution < 1.29 is 18.0 Å². The number of benzene rings is 1. The van der Waals surface area contributed by atoms with Crippen LogP contribution in [0.2, 0.25) is 5.02 Å². The third kappa shape index (κ3) is 4.36. The molecule has 1 aliphatic rings. The minimum atomic E-state index is -2.93. The fourth-order valence-corrected chi connectivity index (χ4v) is 3.21. The number of allylic oxidation sites excluding steroid dienone is 3. The van der Waals surface area contributed by atoms with Crippen molar-refractivity contribution in [1.29, 1.82) is 0 Å². The number of alkyl halides is 4. The monoisotopic (exact) mass is 415 g/mol. The number of nitrogens with one attached hydrogen (secondary N) is 1. The third-order valence-electron chi connectivity index (χ3n) is 3.97. The van der Waals surface area contributed by atoms with Crippen LogP contribution in [0, 0.1) is 0 Å².